The molecule has 2 aromatic rings. The highest BCUT2D eigenvalue weighted by molar-refractivity contribution is 9.11. The zero-order valence-electron chi connectivity index (χ0n) is 10.8. The van der Waals surface area contributed by atoms with Crippen LogP contribution in [0.4, 0.5) is 0 Å². The number of benzene rings is 2. The van der Waals surface area contributed by atoms with E-state index in [9.17, 15) is 4.79 Å². The number of rotatable bonds is 3. The second kappa shape index (κ2) is 6.02. The fourth-order valence-electron chi connectivity index (χ4n) is 1.91. The number of halogens is 2. The van der Waals surface area contributed by atoms with Crippen molar-refractivity contribution in [3.05, 3.63) is 67.6 Å². The summed E-state index contributed by atoms with van der Waals surface area (Å²) in [6, 6.07) is 11.8. The Kier molecular flexibility index (Phi) is 4.58. The molecule has 0 bridgehead atoms. The predicted octanol–water partition coefficient (Wildman–Crippen LogP) is 5.25. The minimum Gasteiger partial charge on any atom is -0.294 e. The molecular weight excluding hydrogens is 368 g/mol. The number of carbonyl (C=O) groups excluding carboxylic acids is 1. The summed E-state index contributed by atoms with van der Waals surface area (Å²) in [6.45, 7) is 4.14. The lowest BCUT2D eigenvalue weighted by Crippen LogP contribution is -2.05. The number of Topliss-reactive ketones (excluding diaryl/α,β-unsaturated/α-hetero) is 1. The van der Waals surface area contributed by atoms with Gasteiger partial charge in [0.1, 0.15) is 0 Å². The van der Waals surface area contributed by atoms with Crippen LogP contribution in [-0.4, -0.2) is 5.78 Å². The fourth-order valence-corrected chi connectivity index (χ4v) is 3.18. The molecule has 0 fully saturated rings. The molecule has 0 aliphatic rings. The molecule has 0 radical (unpaired) electrons. The summed E-state index contributed by atoms with van der Waals surface area (Å²) in [6.07, 6.45) is 0.432. The van der Waals surface area contributed by atoms with Crippen LogP contribution in [0.5, 0.6) is 0 Å². The topological polar surface area (TPSA) is 17.1 Å². The van der Waals surface area contributed by atoms with Crippen LogP contribution in [-0.2, 0) is 6.42 Å². The SMILES string of the molecule is Cc1ccc(CC(=O)c2ccc(Br)cc2Br)cc1C. The third-order valence-corrected chi connectivity index (χ3v) is 4.32. The van der Waals surface area contributed by atoms with E-state index in [0.29, 0.717) is 6.42 Å². The molecule has 98 valence electrons. The van der Waals surface area contributed by atoms with Gasteiger partial charge in [0, 0.05) is 20.9 Å². The summed E-state index contributed by atoms with van der Waals surface area (Å²) in [7, 11) is 0. The van der Waals surface area contributed by atoms with Gasteiger partial charge in [-0.3, -0.25) is 4.79 Å². The van der Waals surface area contributed by atoms with Gasteiger partial charge in [-0.2, -0.15) is 0 Å². The first kappa shape index (κ1) is 14.5. The summed E-state index contributed by atoms with van der Waals surface area (Å²) in [5, 5.41) is 0. The Labute approximate surface area is 130 Å². The van der Waals surface area contributed by atoms with Crippen LogP contribution >= 0.6 is 31.9 Å². The van der Waals surface area contributed by atoms with Crippen molar-refractivity contribution in [2.24, 2.45) is 0 Å². The molecule has 0 atom stereocenters. The molecule has 3 heteroatoms. The van der Waals surface area contributed by atoms with E-state index in [2.05, 4.69) is 57.8 Å². The molecule has 2 aromatic carbocycles. The van der Waals surface area contributed by atoms with E-state index in [-0.39, 0.29) is 5.78 Å². The standard InChI is InChI=1S/C16H14Br2O/c1-10-3-4-12(7-11(10)2)8-16(19)14-6-5-13(17)9-15(14)18/h3-7,9H,8H2,1-2H3. The van der Waals surface area contributed by atoms with E-state index in [1.54, 1.807) is 0 Å². The predicted molar refractivity (Wildman–Crippen MR) is 85.8 cm³/mol. The number of ketones is 1. The fraction of sp³-hybridized carbons (Fsp3) is 0.188. The molecule has 19 heavy (non-hydrogen) atoms. The van der Waals surface area contributed by atoms with Crippen LogP contribution in [0, 0.1) is 13.8 Å². The molecule has 0 aliphatic heterocycles. The maximum Gasteiger partial charge on any atom is 0.168 e. The second-order valence-corrected chi connectivity index (χ2v) is 6.41. The Morgan fingerprint density at radius 1 is 1.00 bits per heavy atom. The summed E-state index contributed by atoms with van der Waals surface area (Å²) < 4.78 is 1.79. The Hall–Kier alpha value is -0.930. The van der Waals surface area contributed by atoms with Crippen LogP contribution in [0.15, 0.2) is 45.3 Å². The maximum atomic E-state index is 12.3. The molecule has 0 spiro atoms. The van der Waals surface area contributed by atoms with Crippen molar-refractivity contribution in [1.82, 2.24) is 0 Å². The molecule has 0 unspecified atom stereocenters. The monoisotopic (exact) mass is 380 g/mol. The molecule has 0 saturated heterocycles. The van der Waals surface area contributed by atoms with Crippen LogP contribution in [0.1, 0.15) is 27.0 Å². The van der Waals surface area contributed by atoms with Crippen LogP contribution in [0.3, 0.4) is 0 Å². The summed E-state index contributed by atoms with van der Waals surface area (Å²) in [5.74, 6) is 0.127. The van der Waals surface area contributed by atoms with E-state index in [1.165, 1.54) is 11.1 Å². The molecule has 0 aromatic heterocycles. The average Bonchev–Trinajstić information content (AvgIpc) is 2.33. The second-order valence-electron chi connectivity index (χ2n) is 4.64. The Morgan fingerprint density at radius 2 is 1.74 bits per heavy atom. The van der Waals surface area contributed by atoms with Crippen molar-refractivity contribution in [2.45, 2.75) is 20.3 Å². The minimum absolute atomic E-state index is 0.127. The molecule has 0 saturated carbocycles. The molecular formula is C16H14Br2O. The molecule has 1 nitrogen and oxygen atoms in total. The van der Waals surface area contributed by atoms with Gasteiger partial charge in [0.05, 0.1) is 0 Å². The zero-order chi connectivity index (χ0) is 14.0. The summed E-state index contributed by atoms with van der Waals surface area (Å²) in [4.78, 5) is 12.3. The third kappa shape index (κ3) is 3.54. The van der Waals surface area contributed by atoms with Crippen molar-refractivity contribution in [3.63, 3.8) is 0 Å². The molecule has 2 rings (SSSR count). The first-order valence-corrected chi connectivity index (χ1v) is 7.60. The van der Waals surface area contributed by atoms with Crippen LogP contribution in [0.2, 0.25) is 0 Å². The maximum absolute atomic E-state index is 12.3. The van der Waals surface area contributed by atoms with Crippen molar-refractivity contribution in [3.8, 4) is 0 Å². The normalized spacial score (nSPS) is 10.5. The first-order chi connectivity index (χ1) is 8.97. The van der Waals surface area contributed by atoms with Gasteiger partial charge in [-0.05, 0) is 48.7 Å². The number of carbonyl (C=O) groups is 1. The highest BCUT2D eigenvalue weighted by Crippen LogP contribution is 2.23. The lowest BCUT2D eigenvalue weighted by atomic mass is 10.00. The van der Waals surface area contributed by atoms with Gasteiger partial charge in [-0.15, -0.1) is 0 Å². The average molecular weight is 382 g/mol. The zero-order valence-corrected chi connectivity index (χ0v) is 14.0. The minimum atomic E-state index is 0.127. The highest BCUT2D eigenvalue weighted by Gasteiger charge is 2.11. The number of hydrogen-bond donors (Lipinski definition) is 0. The molecule has 0 heterocycles. The smallest absolute Gasteiger partial charge is 0.168 e. The summed E-state index contributed by atoms with van der Waals surface area (Å²) in [5.41, 5.74) is 4.26. The van der Waals surface area contributed by atoms with Gasteiger partial charge < -0.3 is 0 Å². The molecule has 0 amide bonds. The third-order valence-electron chi connectivity index (χ3n) is 3.17. The van der Waals surface area contributed by atoms with Gasteiger partial charge in [0.25, 0.3) is 0 Å². The van der Waals surface area contributed by atoms with Crippen molar-refractivity contribution < 1.29 is 4.79 Å². The lowest BCUT2D eigenvalue weighted by Gasteiger charge is -2.07. The van der Waals surface area contributed by atoms with E-state index < -0.39 is 0 Å². The first-order valence-electron chi connectivity index (χ1n) is 6.02. The van der Waals surface area contributed by atoms with Crippen LogP contribution < -0.4 is 0 Å². The van der Waals surface area contributed by atoms with Crippen molar-refractivity contribution in [2.75, 3.05) is 0 Å². The Morgan fingerprint density at radius 3 is 2.37 bits per heavy atom. The summed E-state index contributed by atoms with van der Waals surface area (Å²) >= 11 is 6.82. The number of hydrogen-bond acceptors (Lipinski definition) is 1. The van der Waals surface area contributed by atoms with Crippen LogP contribution in [0.25, 0.3) is 0 Å². The van der Waals surface area contributed by atoms with Crippen molar-refractivity contribution >= 4 is 37.6 Å². The highest BCUT2D eigenvalue weighted by atomic mass is 79.9. The van der Waals surface area contributed by atoms with E-state index >= 15 is 0 Å². The molecule has 0 N–H and O–H groups in total. The van der Waals surface area contributed by atoms with E-state index in [1.807, 2.05) is 24.3 Å². The number of aryl methyl sites for hydroxylation is 2. The Bertz CT molecular complexity index is 633. The quantitative estimate of drug-likeness (QED) is 0.663. The molecule has 0 aliphatic carbocycles. The van der Waals surface area contributed by atoms with E-state index in [0.717, 1.165) is 20.1 Å². The lowest BCUT2D eigenvalue weighted by molar-refractivity contribution is 0.0992. The van der Waals surface area contributed by atoms with Gasteiger partial charge in [-0.25, -0.2) is 0 Å². The van der Waals surface area contributed by atoms with Gasteiger partial charge in [-0.1, -0.05) is 50.1 Å². The van der Waals surface area contributed by atoms with Gasteiger partial charge in [0.2, 0.25) is 0 Å². The van der Waals surface area contributed by atoms with E-state index in [4.69, 9.17) is 0 Å². The van der Waals surface area contributed by atoms with Crippen molar-refractivity contribution in [1.29, 1.82) is 0 Å². The Balaban J connectivity index is 2.23. The van der Waals surface area contributed by atoms with Gasteiger partial charge >= 0.3 is 0 Å². The largest absolute Gasteiger partial charge is 0.294 e. The van der Waals surface area contributed by atoms with Gasteiger partial charge in [0.15, 0.2) is 5.78 Å².